The van der Waals surface area contributed by atoms with Crippen LogP contribution in [0.2, 0.25) is 0 Å². The number of hydrogen-bond donors (Lipinski definition) is 2. The minimum atomic E-state index is -0.542. The number of carbonyl (C=O) groups excluding carboxylic acids is 2. The van der Waals surface area contributed by atoms with Crippen molar-refractivity contribution in [1.29, 1.82) is 0 Å². The zero-order valence-electron chi connectivity index (χ0n) is 20.3. The Hall–Kier alpha value is -2.66. The first-order chi connectivity index (χ1) is 16.0. The lowest BCUT2D eigenvalue weighted by Crippen LogP contribution is -3.19. The maximum absolute atomic E-state index is 13.3. The summed E-state index contributed by atoms with van der Waals surface area (Å²) in [6.45, 7) is 9.02. The van der Waals surface area contributed by atoms with Crippen molar-refractivity contribution in [3.8, 4) is 0 Å². The molecule has 2 amide bonds. The fourth-order valence-corrected chi connectivity index (χ4v) is 5.57. The molecule has 1 saturated heterocycles. The monoisotopic (exact) mass is 448 g/mol. The van der Waals surface area contributed by atoms with Gasteiger partial charge in [0.1, 0.15) is 6.04 Å². The van der Waals surface area contributed by atoms with Crippen LogP contribution in [-0.4, -0.2) is 48.4 Å². The van der Waals surface area contributed by atoms with Gasteiger partial charge < -0.3 is 15.1 Å². The first-order valence-corrected chi connectivity index (χ1v) is 12.5. The van der Waals surface area contributed by atoms with Gasteiger partial charge in [0.15, 0.2) is 0 Å². The molecule has 0 saturated carbocycles. The molecule has 2 aliphatic heterocycles. The molecule has 5 heteroatoms. The van der Waals surface area contributed by atoms with Crippen LogP contribution in [0.1, 0.15) is 72.6 Å². The summed E-state index contributed by atoms with van der Waals surface area (Å²) in [5, 5.41) is 3.14. The van der Waals surface area contributed by atoms with E-state index in [2.05, 4.69) is 50.4 Å². The minimum Gasteiger partial charge on any atom is -0.354 e. The average Bonchev–Trinajstić information content (AvgIpc) is 3.09. The lowest BCUT2D eigenvalue weighted by Gasteiger charge is -2.35. The van der Waals surface area contributed by atoms with Gasteiger partial charge in [0.25, 0.3) is 5.91 Å². The molecule has 5 nitrogen and oxygen atoms in total. The molecule has 4 rings (SSSR count). The molecule has 1 fully saturated rings. The van der Waals surface area contributed by atoms with E-state index in [-0.39, 0.29) is 11.8 Å². The molecule has 2 aliphatic rings. The minimum absolute atomic E-state index is 0.0433. The molecule has 176 valence electrons. The summed E-state index contributed by atoms with van der Waals surface area (Å²) in [6.07, 6.45) is 5.61. The number of quaternary nitrogens is 1. The Kier molecular flexibility index (Phi) is 7.49. The highest BCUT2D eigenvalue weighted by atomic mass is 16.2. The zero-order valence-corrected chi connectivity index (χ0v) is 20.3. The third kappa shape index (κ3) is 5.30. The van der Waals surface area contributed by atoms with Gasteiger partial charge in [0.2, 0.25) is 5.91 Å². The van der Waals surface area contributed by atoms with Crippen molar-refractivity contribution in [2.45, 2.75) is 71.0 Å². The highest BCUT2D eigenvalue weighted by molar-refractivity contribution is 6.04. The smallest absolute Gasteiger partial charge is 0.255 e. The van der Waals surface area contributed by atoms with Crippen LogP contribution in [0.4, 0.5) is 0 Å². The maximum atomic E-state index is 13.3. The second-order valence-corrected chi connectivity index (χ2v) is 9.93. The molecule has 0 radical (unpaired) electrons. The highest BCUT2D eigenvalue weighted by Gasteiger charge is 2.40. The summed E-state index contributed by atoms with van der Waals surface area (Å²) in [6, 6.07) is 16.8. The molecule has 0 bridgehead atoms. The number of likely N-dealkylation sites (tertiary alicyclic amines) is 1. The Morgan fingerprint density at radius 1 is 1.06 bits per heavy atom. The van der Waals surface area contributed by atoms with Crippen LogP contribution in [0, 0.1) is 6.92 Å². The third-order valence-corrected chi connectivity index (χ3v) is 7.55. The second kappa shape index (κ2) is 10.5. The van der Waals surface area contributed by atoms with Gasteiger partial charge in [-0.25, -0.2) is 0 Å². The first-order valence-electron chi connectivity index (χ1n) is 12.5. The first kappa shape index (κ1) is 23.5. The third-order valence-electron chi connectivity index (χ3n) is 7.55. The summed E-state index contributed by atoms with van der Waals surface area (Å²) in [5.41, 5.74) is 3.88. The van der Waals surface area contributed by atoms with Crippen molar-refractivity contribution in [3.05, 3.63) is 70.8 Å². The maximum Gasteiger partial charge on any atom is 0.255 e. The SMILES string of the molecule is Cc1ccc(CCN2C(=O)c3ccccc3C2C(=O)NCCC[NH+]2C(C)CCCC2C)cc1. The predicted molar refractivity (Wildman–Crippen MR) is 131 cm³/mol. The Morgan fingerprint density at radius 2 is 1.76 bits per heavy atom. The Morgan fingerprint density at radius 3 is 2.48 bits per heavy atom. The second-order valence-electron chi connectivity index (χ2n) is 9.93. The summed E-state index contributed by atoms with van der Waals surface area (Å²) in [7, 11) is 0. The molecule has 2 N–H and O–H groups in total. The molecule has 2 heterocycles. The van der Waals surface area contributed by atoms with Crippen molar-refractivity contribution in [2.75, 3.05) is 19.6 Å². The van der Waals surface area contributed by atoms with Gasteiger partial charge in [0.05, 0.1) is 18.6 Å². The predicted octanol–water partition coefficient (Wildman–Crippen LogP) is 3.09. The number of piperidine rings is 1. The van der Waals surface area contributed by atoms with E-state index in [1.807, 2.05) is 24.3 Å². The summed E-state index contributed by atoms with van der Waals surface area (Å²) in [5.74, 6) is -0.106. The number of aryl methyl sites for hydroxylation is 1. The van der Waals surface area contributed by atoms with Crippen LogP contribution in [-0.2, 0) is 11.2 Å². The highest BCUT2D eigenvalue weighted by Crippen LogP contribution is 2.33. The van der Waals surface area contributed by atoms with Gasteiger partial charge in [-0.15, -0.1) is 0 Å². The molecule has 0 spiro atoms. The van der Waals surface area contributed by atoms with E-state index in [4.69, 9.17) is 0 Å². The van der Waals surface area contributed by atoms with Crippen molar-refractivity contribution in [3.63, 3.8) is 0 Å². The van der Waals surface area contributed by atoms with E-state index < -0.39 is 6.04 Å². The molecule has 33 heavy (non-hydrogen) atoms. The quantitative estimate of drug-likeness (QED) is 0.610. The largest absolute Gasteiger partial charge is 0.354 e. The summed E-state index contributed by atoms with van der Waals surface area (Å²) in [4.78, 5) is 29.8. The van der Waals surface area contributed by atoms with E-state index in [0.717, 1.165) is 24.9 Å². The number of nitrogens with one attached hydrogen (secondary N) is 2. The van der Waals surface area contributed by atoms with Crippen LogP contribution in [0.15, 0.2) is 48.5 Å². The van der Waals surface area contributed by atoms with Crippen LogP contribution >= 0.6 is 0 Å². The van der Waals surface area contributed by atoms with E-state index in [1.165, 1.54) is 30.4 Å². The molecule has 3 atom stereocenters. The van der Waals surface area contributed by atoms with Gasteiger partial charge in [-0.05, 0) is 63.6 Å². The molecule has 3 unspecified atom stereocenters. The Bertz CT molecular complexity index is 961. The van der Waals surface area contributed by atoms with Gasteiger partial charge in [0, 0.05) is 25.1 Å². The average molecular weight is 449 g/mol. The van der Waals surface area contributed by atoms with Crippen LogP contribution in [0.3, 0.4) is 0 Å². The Balaban J connectivity index is 1.38. The van der Waals surface area contributed by atoms with Crippen molar-refractivity contribution in [1.82, 2.24) is 10.2 Å². The fourth-order valence-electron chi connectivity index (χ4n) is 5.57. The molecular weight excluding hydrogens is 410 g/mol. The molecule has 0 aromatic heterocycles. The number of hydrogen-bond acceptors (Lipinski definition) is 2. The number of nitrogens with zero attached hydrogens (tertiary/aromatic N) is 1. The topological polar surface area (TPSA) is 53.9 Å². The molecule has 0 aliphatic carbocycles. The standard InChI is InChI=1S/C28H37N3O2/c1-20-12-14-23(15-13-20)16-19-31-26(24-10-4-5-11-25(24)28(31)33)27(32)29-17-7-18-30-21(2)8-6-9-22(30)3/h4-5,10-15,21-22,26H,6-9,16-19H2,1-3H3,(H,29,32)/p+1. The van der Waals surface area contributed by atoms with E-state index >= 15 is 0 Å². The fraction of sp³-hybridized carbons (Fsp3) is 0.500. The molecular formula is C28H38N3O2+. The number of carbonyl (C=O) groups is 2. The van der Waals surface area contributed by atoms with Gasteiger partial charge in [-0.3, -0.25) is 9.59 Å². The lowest BCUT2D eigenvalue weighted by atomic mass is 9.97. The van der Waals surface area contributed by atoms with Crippen LogP contribution in [0.5, 0.6) is 0 Å². The number of rotatable bonds is 8. The van der Waals surface area contributed by atoms with Crippen molar-refractivity contribution >= 4 is 11.8 Å². The van der Waals surface area contributed by atoms with Crippen LogP contribution in [0.25, 0.3) is 0 Å². The zero-order chi connectivity index (χ0) is 23.4. The molecule has 2 aromatic rings. The van der Waals surface area contributed by atoms with Crippen molar-refractivity contribution < 1.29 is 14.5 Å². The van der Waals surface area contributed by atoms with Crippen molar-refractivity contribution in [2.24, 2.45) is 0 Å². The summed E-state index contributed by atoms with van der Waals surface area (Å²) < 4.78 is 0. The lowest BCUT2D eigenvalue weighted by molar-refractivity contribution is -0.951. The van der Waals surface area contributed by atoms with E-state index in [0.29, 0.717) is 30.7 Å². The van der Waals surface area contributed by atoms with Gasteiger partial charge in [-0.1, -0.05) is 48.0 Å². The van der Waals surface area contributed by atoms with Gasteiger partial charge >= 0.3 is 0 Å². The normalized spacial score (nSPS) is 24.6. The molecule has 2 aromatic carbocycles. The van der Waals surface area contributed by atoms with E-state index in [9.17, 15) is 9.59 Å². The Labute approximate surface area is 198 Å². The number of fused-ring (bicyclic) bond motifs is 1. The van der Waals surface area contributed by atoms with Gasteiger partial charge in [-0.2, -0.15) is 0 Å². The number of benzene rings is 2. The number of amides is 2. The van der Waals surface area contributed by atoms with Crippen LogP contribution < -0.4 is 10.2 Å². The van der Waals surface area contributed by atoms with E-state index in [1.54, 1.807) is 9.80 Å². The summed E-state index contributed by atoms with van der Waals surface area (Å²) >= 11 is 0.